The summed E-state index contributed by atoms with van der Waals surface area (Å²) in [5.74, 6) is 2.13. The lowest BCUT2D eigenvalue weighted by molar-refractivity contribution is -0.0658. The van der Waals surface area contributed by atoms with Crippen molar-refractivity contribution < 1.29 is 9.26 Å². The summed E-state index contributed by atoms with van der Waals surface area (Å²) in [5, 5.41) is 12.8. The van der Waals surface area contributed by atoms with Crippen LogP contribution in [0.3, 0.4) is 0 Å². The fourth-order valence-electron chi connectivity index (χ4n) is 3.03. The molecule has 1 aromatic heterocycles. The maximum atomic E-state index is 8.70. The van der Waals surface area contributed by atoms with E-state index in [1.54, 1.807) is 7.11 Å². The Morgan fingerprint density at radius 2 is 2.40 bits per heavy atom. The van der Waals surface area contributed by atoms with E-state index in [-0.39, 0.29) is 5.92 Å². The number of hydrogen-bond donors (Lipinski definition) is 0. The van der Waals surface area contributed by atoms with Gasteiger partial charge in [0.1, 0.15) is 5.60 Å². The molecule has 1 aliphatic rings. The average molecular weight is 277 g/mol. The van der Waals surface area contributed by atoms with Gasteiger partial charge in [-0.05, 0) is 31.1 Å². The highest BCUT2D eigenvalue weighted by Crippen LogP contribution is 2.41. The van der Waals surface area contributed by atoms with Crippen molar-refractivity contribution in [2.75, 3.05) is 7.11 Å². The van der Waals surface area contributed by atoms with Crippen LogP contribution in [0.2, 0.25) is 0 Å². The van der Waals surface area contributed by atoms with Gasteiger partial charge in [-0.3, -0.25) is 0 Å². The van der Waals surface area contributed by atoms with E-state index < -0.39 is 5.60 Å². The second-order valence-electron chi connectivity index (χ2n) is 6.08. The highest BCUT2D eigenvalue weighted by atomic mass is 16.5. The van der Waals surface area contributed by atoms with Gasteiger partial charge in [-0.1, -0.05) is 25.4 Å². The molecule has 0 saturated heterocycles. The van der Waals surface area contributed by atoms with Crippen molar-refractivity contribution in [1.82, 2.24) is 10.1 Å². The molecule has 1 aromatic rings. The Bertz CT molecular complexity index is 480. The van der Waals surface area contributed by atoms with E-state index in [0.29, 0.717) is 30.5 Å². The molecule has 0 N–H and O–H groups in total. The summed E-state index contributed by atoms with van der Waals surface area (Å²) in [5.41, 5.74) is -0.391. The van der Waals surface area contributed by atoms with Crippen LogP contribution < -0.4 is 0 Å². The van der Waals surface area contributed by atoms with Crippen LogP contribution in [0.5, 0.6) is 0 Å². The van der Waals surface area contributed by atoms with E-state index in [1.807, 2.05) is 6.92 Å². The Hall–Kier alpha value is -1.41. The SMILES string of the molecule is COC1(c2noc(CC(C)CC#N)n2)CCCC(C)C1. The summed E-state index contributed by atoms with van der Waals surface area (Å²) in [6.45, 7) is 4.25. The first-order valence-corrected chi connectivity index (χ1v) is 7.35. The quantitative estimate of drug-likeness (QED) is 0.826. The van der Waals surface area contributed by atoms with Gasteiger partial charge in [0, 0.05) is 20.0 Å². The Morgan fingerprint density at radius 1 is 1.60 bits per heavy atom. The third kappa shape index (κ3) is 3.18. The van der Waals surface area contributed by atoms with Crippen LogP contribution >= 0.6 is 0 Å². The van der Waals surface area contributed by atoms with Crippen molar-refractivity contribution in [2.24, 2.45) is 11.8 Å². The lowest BCUT2D eigenvalue weighted by Crippen LogP contribution is -2.35. The molecule has 110 valence electrons. The van der Waals surface area contributed by atoms with Crippen LogP contribution in [0.4, 0.5) is 0 Å². The molecule has 5 heteroatoms. The van der Waals surface area contributed by atoms with Gasteiger partial charge in [0.15, 0.2) is 0 Å². The Morgan fingerprint density at radius 3 is 3.05 bits per heavy atom. The number of rotatable bonds is 5. The number of nitriles is 1. The molecule has 1 heterocycles. The molecule has 1 fully saturated rings. The summed E-state index contributed by atoms with van der Waals surface area (Å²) in [4.78, 5) is 4.52. The smallest absolute Gasteiger partial charge is 0.227 e. The molecule has 3 atom stereocenters. The van der Waals surface area contributed by atoms with Gasteiger partial charge in [-0.15, -0.1) is 0 Å². The lowest BCUT2D eigenvalue weighted by Gasteiger charge is -2.36. The normalized spacial score (nSPS) is 28.0. The van der Waals surface area contributed by atoms with E-state index in [1.165, 1.54) is 6.42 Å². The number of hydrogen-bond acceptors (Lipinski definition) is 5. The largest absolute Gasteiger partial charge is 0.370 e. The summed E-state index contributed by atoms with van der Waals surface area (Å²) >= 11 is 0. The maximum Gasteiger partial charge on any atom is 0.227 e. The first-order chi connectivity index (χ1) is 9.59. The minimum atomic E-state index is -0.391. The highest BCUT2D eigenvalue weighted by molar-refractivity contribution is 5.04. The van der Waals surface area contributed by atoms with Crippen LogP contribution in [0.15, 0.2) is 4.52 Å². The molecule has 0 aliphatic heterocycles. The molecular weight excluding hydrogens is 254 g/mol. The standard InChI is InChI=1S/C15H23N3O2/c1-11(6-8-16)9-13-17-14(18-20-13)15(19-3)7-4-5-12(2)10-15/h11-12H,4-7,9-10H2,1-3H3. The molecule has 20 heavy (non-hydrogen) atoms. The predicted molar refractivity (Wildman–Crippen MR) is 73.7 cm³/mol. The predicted octanol–water partition coefficient (Wildman–Crippen LogP) is 3.21. The first kappa shape index (κ1) is 15.0. The van der Waals surface area contributed by atoms with Gasteiger partial charge in [0.05, 0.1) is 6.07 Å². The van der Waals surface area contributed by atoms with Crippen LogP contribution in [-0.2, 0) is 16.8 Å². The van der Waals surface area contributed by atoms with Gasteiger partial charge in [-0.2, -0.15) is 10.2 Å². The minimum absolute atomic E-state index is 0.233. The van der Waals surface area contributed by atoms with Crippen molar-refractivity contribution >= 4 is 0 Å². The van der Waals surface area contributed by atoms with Crippen molar-refractivity contribution in [3.05, 3.63) is 11.7 Å². The van der Waals surface area contributed by atoms with Crippen molar-refractivity contribution in [3.8, 4) is 6.07 Å². The molecule has 1 saturated carbocycles. The van der Waals surface area contributed by atoms with E-state index in [0.717, 1.165) is 19.3 Å². The highest BCUT2D eigenvalue weighted by Gasteiger charge is 2.40. The van der Waals surface area contributed by atoms with Crippen molar-refractivity contribution in [2.45, 2.75) is 58.0 Å². The number of methoxy groups -OCH3 is 1. The number of aromatic nitrogens is 2. The molecule has 2 rings (SSSR count). The summed E-state index contributed by atoms with van der Waals surface area (Å²) in [7, 11) is 1.73. The Kier molecular flexibility index (Phi) is 4.77. The van der Waals surface area contributed by atoms with E-state index >= 15 is 0 Å². The summed E-state index contributed by atoms with van der Waals surface area (Å²) < 4.78 is 11.1. The van der Waals surface area contributed by atoms with Crippen LogP contribution in [0, 0.1) is 23.2 Å². The van der Waals surface area contributed by atoms with Crippen LogP contribution in [0.25, 0.3) is 0 Å². The minimum Gasteiger partial charge on any atom is -0.370 e. The van der Waals surface area contributed by atoms with Crippen LogP contribution in [-0.4, -0.2) is 17.3 Å². The second-order valence-corrected chi connectivity index (χ2v) is 6.08. The summed E-state index contributed by atoms with van der Waals surface area (Å²) in [6.07, 6.45) is 5.40. The van der Waals surface area contributed by atoms with E-state index in [9.17, 15) is 0 Å². The zero-order valence-corrected chi connectivity index (χ0v) is 12.6. The molecule has 0 bridgehead atoms. The third-order valence-corrected chi connectivity index (χ3v) is 4.18. The topological polar surface area (TPSA) is 71.9 Å². The fourth-order valence-corrected chi connectivity index (χ4v) is 3.03. The molecule has 1 aliphatic carbocycles. The molecule has 0 spiro atoms. The number of ether oxygens (including phenoxy) is 1. The zero-order chi connectivity index (χ0) is 14.6. The van der Waals surface area contributed by atoms with Gasteiger partial charge in [0.25, 0.3) is 0 Å². The van der Waals surface area contributed by atoms with E-state index in [2.05, 4.69) is 23.1 Å². The fraction of sp³-hybridized carbons (Fsp3) is 0.800. The van der Waals surface area contributed by atoms with Crippen LogP contribution in [0.1, 0.15) is 57.7 Å². The van der Waals surface area contributed by atoms with Crippen molar-refractivity contribution in [1.29, 1.82) is 5.26 Å². The average Bonchev–Trinajstić information content (AvgIpc) is 2.88. The molecule has 0 radical (unpaired) electrons. The van der Waals surface area contributed by atoms with Gasteiger partial charge in [-0.25, -0.2) is 0 Å². The van der Waals surface area contributed by atoms with E-state index in [4.69, 9.17) is 14.5 Å². The monoisotopic (exact) mass is 277 g/mol. The molecular formula is C15H23N3O2. The van der Waals surface area contributed by atoms with Gasteiger partial charge in [0.2, 0.25) is 11.7 Å². The zero-order valence-electron chi connectivity index (χ0n) is 12.6. The maximum absolute atomic E-state index is 8.70. The number of nitrogens with zero attached hydrogens (tertiary/aromatic N) is 3. The van der Waals surface area contributed by atoms with Gasteiger partial charge >= 0.3 is 0 Å². The molecule has 3 unspecified atom stereocenters. The second kappa shape index (κ2) is 6.36. The molecule has 5 nitrogen and oxygen atoms in total. The summed E-state index contributed by atoms with van der Waals surface area (Å²) in [6, 6.07) is 2.17. The van der Waals surface area contributed by atoms with Gasteiger partial charge < -0.3 is 9.26 Å². The first-order valence-electron chi connectivity index (χ1n) is 7.35. The third-order valence-electron chi connectivity index (χ3n) is 4.18. The Balaban J connectivity index is 2.12. The molecule has 0 aromatic carbocycles. The lowest BCUT2D eigenvalue weighted by atomic mass is 9.78. The van der Waals surface area contributed by atoms with Crippen molar-refractivity contribution in [3.63, 3.8) is 0 Å². The Labute approximate surface area is 120 Å². The molecule has 0 amide bonds.